The van der Waals surface area contributed by atoms with E-state index in [0.29, 0.717) is 22.8 Å². The molecule has 7 heteroatoms. The van der Waals surface area contributed by atoms with E-state index in [4.69, 9.17) is 16.3 Å². The second kappa shape index (κ2) is 7.68. The van der Waals surface area contributed by atoms with Crippen LogP contribution < -0.4 is 4.74 Å². The first-order valence-electron chi connectivity index (χ1n) is 8.28. The molecule has 1 aliphatic rings. The summed E-state index contributed by atoms with van der Waals surface area (Å²) in [6.07, 6.45) is 0.434. The third-order valence-electron chi connectivity index (χ3n) is 4.49. The van der Waals surface area contributed by atoms with Gasteiger partial charge in [-0.1, -0.05) is 35.9 Å². The number of nitrogens with zero attached hydrogens (tertiary/aromatic N) is 1. The average molecular weight is 394 g/mol. The monoisotopic (exact) mass is 393 g/mol. The molecule has 0 bridgehead atoms. The fourth-order valence-electron chi connectivity index (χ4n) is 3.20. The van der Waals surface area contributed by atoms with Crippen LogP contribution in [0.25, 0.3) is 0 Å². The molecule has 1 saturated heterocycles. The van der Waals surface area contributed by atoms with Gasteiger partial charge in [-0.2, -0.15) is 0 Å². The highest BCUT2D eigenvalue weighted by atomic mass is 35.5. The SMILES string of the molecule is COc1ccccc1C(=O)N(Cc1cccc(Cl)c1)C1CCS(=O)(=O)C1. The van der Waals surface area contributed by atoms with Gasteiger partial charge in [0.1, 0.15) is 5.75 Å². The van der Waals surface area contributed by atoms with Gasteiger partial charge in [0, 0.05) is 17.6 Å². The van der Waals surface area contributed by atoms with Gasteiger partial charge in [-0.3, -0.25) is 4.79 Å². The van der Waals surface area contributed by atoms with Crippen LogP contribution in [-0.4, -0.2) is 43.9 Å². The maximum atomic E-state index is 13.2. The van der Waals surface area contributed by atoms with Crippen molar-refractivity contribution in [3.63, 3.8) is 0 Å². The lowest BCUT2D eigenvalue weighted by atomic mass is 10.1. The van der Waals surface area contributed by atoms with Crippen molar-refractivity contribution in [2.75, 3.05) is 18.6 Å². The molecule has 1 fully saturated rings. The topological polar surface area (TPSA) is 63.7 Å². The third kappa shape index (κ3) is 4.19. The molecule has 5 nitrogen and oxygen atoms in total. The van der Waals surface area contributed by atoms with Crippen molar-refractivity contribution in [3.8, 4) is 5.75 Å². The van der Waals surface area contributed by atoms with Gasteiger partial charge in [-0.05, 0) is 36.2 Å². The number of hydrogen-bond donors (Lipinski definition) is 0. The zero-order valence-electron chi connectivity index (χ0n) is 14.4. The van der Waals surface area contributed by atoms with Gasteiger partial charge >= 0.3 is 0 Å². The molecule has 0 spiro atoms. The third-order valence-corrected chi connectivity index (χ3v) is 6.47. The Morgan fingerprint density at radius 3 is 2.65 bits per heavy atom. The van der Waals surface area contributed by atoms with E-state index in [9.17, 15) is 13.2 Å². The van der Waals surface area contributed by atoms with E-state index in [0.717, 1.165) is 5.56 Å². The Balaban J connectivity index is 1.95. The first-order valence-corrected chi connectivity index (χ1v) is 10.5. The van der Waals surface area contributed by atoms with Crippen LogP contribution in [0.2, 0.25) is 5.02 Å². The molecule has 138 valence electrons. The van der Waals surface area contributed by atoms with E-state index in [2.05, 4.69) is 0 Å². The molecule has 0 aliphatic carbocycles. The molecule has 1 amide bonds. The number of halogens is 1. The molecule has 0 radical (unpaired) electrons. The molecule has 0 aromatic heterocycles. The largest absolute Gasteiger partial charge is 0.496 e. The fourth-order valence-corrected chi connectivity index (χ4v) is 5.14. The lowest BCUT2D eigenvalue weighted by Crippen LogP contribution is -2.40. The quantitative estimate of drug-likeness (QED) is 0.782. The zero-order chi connectivity index (χ0) is 18.7. The summed E-state index contributed by atoms with van der Waals surface area (Å²) < 4.78 is 29.2. The van der Waals surface area contributed by atoms with Crippen LogP contribution >= 0.6 is 11.6 Å². The Morgan fingerprint density at radius 1 is 1.23 bits per heavy atom. The molecule has 1 heterocycles. The second-order valence-corrected chi connectivity index (χ2v) is 8.99. The summed E-state index contributed by atoms with van der Waals surface area (Å²) in [6, 6.07) is 13.8. The van der Waals surface area contributed by atoms with E-state index in [1.165, 1.54) is 7.11 Å². The van der Waals surface area contributed by atoms with Gasteiger partial charge < -0.3 is 9.64 Å². The van der Waals surface area contributed by atoms with Crippen LogP contribution in [-0.2, 0) is 16.4 Å². The molecular weight excluding hydrogens is 374 g/mol. The van der Waals surface area contributed by atoms with Crippen LogP contribution in [0.15, 0.2) is 48.5 Å². The first-order chi connectivity index (χ1) is 12.4. The molecule has 0 saturated carbocycles. The summed E-state index contributed by atoms with van der Waals surface area (Å²) in [5, 5.41) is 0.575. The second-order valence-electron chi connectivity index (χ2n) is 6.32. The predicted octanol–water partition coefficient (Wildman–Crippen LogP) is 3.18. The Bertz CT molecular complexity index is 913. The zero-order valence-corrected chi connectivity index (χ0v) is 16.0. The minimum atomic E-state index is -3.12. The first kappa shape index (κ1) is 18.7. The van der Waals surface area contributed by atoms with E-state index < -0.39 is 9.84 Å². The highest BCUT2D eigenvalue weighted by Crippen LogP contribution is 2.26. The number of hydrogen-bond acceptors (Lipinski definition) is 4. The van der Waals surface area contributed by atoms with Crippen molar-refractivity contribution in [2.45, 2.75) is 19.0 Å². The summed E-state index contributed by atoms with van der Waals surface area (Å²) in [6.45, 7) is 0.289. The Hall–Kier alpha value is -2.05. The van der Waals surface area contributed by atoms with E-state index in [1.54, 1.807) is 41.3 Å². The molecule has 1 atom stereocenters. The minimum absolute atomic E-state index is 0.0194. The van der Waals surface area contributed by atoms with Crippen LogP contribution in [0.5, 0.6) is 5.75 Å². The van der Waals surface area contributed by atoms with Gasteiger partial charge in [0.15, 0.2) is 9.84 Å². The number of carbonyl (C=O) groups is 1. The van der Waals surface area contributed by atoms with Gasteiger partial charge in [0.25, 0.3) is 5.91 Å². The maximum absolute atomic E-state index is 13.2. The molecule has 3 rings (SSSR count). The molecule has 1 aliphatic heterocycles. The van der Waals surface area contributed by atoms with Crippen LogP contribution in [0.1, 0.15) is 22.3 Å². The lowest BCUT2D eigenvalue weighted by molar-refractivity contribution is 0.0677. The van der Waals surface area contributed by atoms with Crippen LogP contribution in [0.3, 0.4) is 0 Å². The number of rotatable bonds is 5. The lowest BCUT2D eigenvalue weighted by Gasteiger charge is -2.29. The van der Waals surface area contributed by atoms with E-state index in [-0.39, 0.29) is 30.0 Å². The number of carbonyl (C=O) groups excluding carboxylic acids is 1. The molecular formula is C19H20ClNO4S. The van der Waals surface area contributed by atoms with Crippen molar-refractivity contribution < 1.29 is 17.9 Å². The van der Waals surface area contributed by atoms with Crippen molar-refractivity contribution in [1.29, 1.82) is 0 Å². The van der Waals surface area contributed by atoms with Crippen molar-refractivity contribution in [2.24, 2.45) is 0 Å². The number of amides is 1. The Labute approximate surface area is 158 Å². The molecule has 2 aromatic rings. The van der Waals surface area contributed by atoms with Gasteiger partial charge in [-0.25, -0.2) is 8.42 Å². The van der Waals surface area contributed by atoms with E-state index in [1.807, 2.05) is 12.1 Å². The van der Waals surface area contributed by atoms with Crippen molar-refractivity contribution >= 4 is 27.3 Å². The number of benzene rings is 2. The summed E-state index contributed by atoms with van der Waals surface area (Å²) in [5.41, 5.74) is 1.27. The number of sulfone groups is 1. The van der Waals surface area contributed by atoms with Crippen LogP contribution in [0, 0.1) is 0 Å². The summed E-state index contributed by atoms with van der Waals surface area (Å²) in [7, 11) is -1.62. The number of para-hydroxylation sites is 1. The molecule has 0 N–H and O–H groups in total. The highest BCUT2D eigenvalue weighted by molar-refractivity contribution is 7.91. The number of ether oxygens (including phenoxy) is 1. The van der Waals surface area contributed by atoms with Gasteiger partial charge in [0.05, 0.1) is 24.2 Å². The normalized spacial score (nSPS) is 18.5. The Kier molecular flexibility index (Phi) is 5.53. The summed E-state index contributed by atoms with van der Waals surface area (Å²) in [5.74, 6) is 0.302. The summed E-state index contributed by atoms with van der Waals surface area (Å²) in [4.78, 5) is 14.8. The molecule has 1 unspecified atom stereocenters. The molecule has 2 aromatic carbocycles. The Morgan fingerprint density at radius 2 is 2.00 bits per heavy atom. The fraction of sp³-hybridized carbons (Fsp3) is 0.316. The van der Waals surface area contributed by atoms with Crippen LogP contribution in [0.4, 0.5) is 0 Å². The standard InChI is InChI=1S/C19H20ClNO4S/c1-25-18-8-3-2-7-17(18)19(22)21(16-9-10-26(23,24)13-16)12-14-5-4-6-15(20)11-14/h2-8,11,16H,9-10,12-13H2,1H3. The smallest absolute Gasteiger partial charge is 0.258 e. The summed E-state index contributed by atoms with van der Waals surface area (Å²) >= 11 is 6.06. The maximum Gasteiger partial charge on any atom is 0.258 e. The highest BCUT2D eigenvalue weighted by Gasteiger charge is 2.35. The number of methoxy groups -OCH3 is 1. The predicted molar refractivity (Wildman–Crippen MR) is 101 cm³/mol. The van der Waals surface area contributed by atoms with Crippen molar-refractivity contribution in [3.05, 3.63) is 64.7 Å². The van der Waals surface area contributed by atoms with Crippen molar-refractivity contribution in [1.82, 2.24) is 4.90 Å². The van der Waals surface area contributed by atoms with Gasteiger partial charge in [-0.15, -0.1) is 0 Å². The molecule has 26 heavy (non-hydrogen) atoms. The van der Waals surface area contributed by atoms with Gasteiger partial charge in [0.2, 0.25) is 0 Å². The van der Waals surface area contributed by atoms with E-state index >= 15 is 0 Å². The minimum Gasteiger partial charge on any atom is -0.496 e. The average Bonchev–Trinajstić information content (AvgIpc) is 2.98.